The van der Waals surface area contributed by atoms with E-state index in [1.165, 1.54) is 7.11 Å². The Kier molecular flexibility index (Phi) is 20.9. The number of aliphatic carboxylic acids is 2. The molecule has 0 bridgehead atoms. The standard InChI is InChI=1S/C33H50FN13O7.C3H5NO.CH4O/c1-41-23-36-29-30(38-33(39-31(29)41)46-7-4-24(34)18-46)37-25-19-47(40-32(25)54-2)6-3-5-35-26(49)20-43-12-14-44(21-27(50)51)10-8-42(16-17-48)9-11-45(15-13-43)22-28(52)53;1-2-3(4)5;1-2/h17,19,23-24H,3-16,18,20-22H2,1-2H3,(H,35,49)(H,50,51)(H,52,53)(H,37,38,39);2H,1H2,(H2,4,5);2H,1H3. The van der Waals surface area contributed by atoms with Crippen molar-refractivity contribution >= 4 is 58.7 Å². The van der Waals surface area contributed by atoms with Crippen LogP contribution in [0.2, 0.25) is 0 Å². The van der Waals surface area contributed by atoms with Gasteiger partial charge in [-0.2, -0.15) is 9.97 Å². The highest BCUT2D eigenvalue weighted by Crippen LogP contribution is 2.30. The number of alkyl halides is 1. The Morgan fingerprint density at radius 1 is 0.951 bits per heavy atom. The monoisotopic (exact) mass is 862 g/mol. The molecule has 0 spiro atoms. The number of ether oxygens (including phenoxy) is 1. The Bertz CT molecular complexity index is 1860. The van der Waals surface area contributed by atoms with Gasteiger partial charge in [-0.1, -0.05) is 6.58 Å². The molecule has 0 aliphatic carbocycles. The minimum absolute atomic E-state index is 0.0507. The summed E-state index contributed by atoms with van der Waals surface area (Å²) in [6.07, 6.45) is 5.27. The number of hydrogen-bond acceptors (Lipinski definition) is 17. The highest BCUT2D eigenvalue weighted by atomic mass is 19.1. The van der Waals surface area contributed by atoms with Crippen molar-refractivity contribution in [3.8, 4) is 5.88 Å². The zero-order valence-electron chi connectivity index (χ0n) is 35.0. The van der Waals surface area contributed by atoms with Crippen LogP contribution in [0.1, 0.15) is 12.8 Å². The number of aldehydes is 1. The van der Waals surface area contributed by atoms with Crippen molar-refractivity contribution in [2.24, 2.45) is 12.8 Å². The zero-order valence-corrected chi connectivity index (χ0v) is 35.0. The second-order valence-corrected chi connectivity index (χ2v) is 14.1. The normalized spacial score (nSPS) is 17.1. The summed E-state index contributed by atoms with van der Waals surface area (Å²) in [6, 6.07) is 0. The molecule has 2 aliphatic heterocycles. The van der Waals surface area contributed by atoms with E-state index in [1.54, 1.807) is 31.6 Å². The number of methoxy groups -OCH3 is 1. The Hall–Kier alpha value is -5.82. The van der Waals surface area contributed by atoms with Gasteiger partial charge in [-0.15, -0.1) is 5.10 Å². The molecule has 3 aromatic heterocycles. The van der Waals surface area contributed by atoms with E-state index in [0.29, 0.717) is 119 Å². The van der Waals surface area contributed by atoms with Crippen LogP contribution in [0.15, 0.2) is 25.2 Å². The van der Waals surface area contributed by atoms with Gasteiger partial charge in [0.1, 0.15) is 18.1 Å². The number of rotatable bonds is 17. The Morgan fingerprint density at radius 2 is 1.52 bits per heavy atom. The number of primary amides is 1. The number of hydrogen-bond donors (Lipinski definition) is 6. The number of fused-ring (bicyclic) bond motifs is 1. The second-order valence-electron chi connectivity index (χ2n) is 14.1. The average molecular weight is 863 g/mol. The molecule has 1 unspecified atom stereocenters. The number of aryl methyl sites for hydroxylation is 2. The second kappa shape index (κ2) is 25.7. The van der Waals surface area contributed by atoms with Gasteiger partial charge in [0, 0.05) is 86.1 Å². The summed E-state index contributed by atoms with van der Waals surface area (Å²) in [5.74, 6) is -1.48. The van der Waals surface area contributed by atoms with Gasteiger partial charge in [-0.25, -0.2) is 9.37 Å². The van der Waals surface area contributed by atoms with Crippen LogP contribution in [-0.4, -0.2) is 213 Å². The third-order valence-corrected chi connectivity index (χ3v) is 9.57. The maximum Gasteiger partial charge on any atom is 0.317 e. The van der Waals surface area contributed by atoms with Crippen LogP contribution in [0.25, 0.3) is 11.2 Å². The largest absolute Gasteiger partial charge is 0.480 e. The van der Waals surface area contributed by atoms with Crippen LogP contribution in [-0.2, 0) is 37.6 Å². The van der Waals surface area contributed by atoms with E-state index in [1.807, 2.05) is 21.7 Å². The van der Waals surface area contributed by atoms with E-state index in [-0.39, 0.29) is 38.6 Å². The van der Waals surface area contributed by atoms with Crippen LogP contribution in [0.4, 0.5) is 21.8 Å². The fraction of sp³-hybridized carbons (Fsp3) is 0.595. The molecule has 2 amide bonds. The molecule has 61 heavy (non-hydrogen) atoms. The minimum Gasteiger partial charge on any atom is -0.480 e. The average Bonchev–Trinajstić information content (AvgIpc) is 3.95. The topological polar surface area (TPSA) is 283 Å². The number of amides is 2. The SMILES string of the molecule is C=CC(N)=O.CO.COc1nn(CCCNC(=O)CN2CCN(CC(=O)O)CCN(CC=O)CCN(CC(=O)O)CC2)cc1Nc1nc(N2CCC(F)C2)nc2c1ncn2C. The number of carbonyl (C=O) groups excluding carboxylic acids is 3. The summed E-state index contributed by atoms with van der Waals surface area (Å²) in [7, 11) is 4.33. The molecule has 2 aliphatic rings. The maximum absolute atomic E-state index is 14.0. The molecule has 5 heterocycles. The summed E-state index contributed by atoms with van der Waals surface area (Å²) < 4.78 is 23.0. The number of halogens is 1. The Balaban J connectivity index is 0.00000132. The van der Waals surface area contributed by atoms with Crippen molar-refractivity contribution < 1.29 is 48.4 Å². The number of carbonyl (C=O) groups is 5. The lowest BCUT2D eigenvalue weighted by molar-refractivity contribution is -0.139. The van der Waals surface area contributed by atoms with Crippen molar-refractivity contribution in [3.05, 3.63) is 25.2 Å². The molecule has 2 fully saturated rings. The van der Waals surface area contributed by atoms with E-state index in [2.05, 4.69) is 43.0 Å². The smallest absolute Gasteiger partial charge is 0.317 e. The summed E-state index contributed by atoms with van der Waals surface area (Å²) >= 11 is 0. The number of carboxylic acid groups (broad SMARTS) is 2. The van der Waals surface area contributed by atoms with E-state index in [4.69, 9.17) is 9.84 Å². The molecule has 2 saturated heterocycles. The van der Waals surface area contributed by atoms with E-state index in [0.717, 1.165) is 19.5 Å². The minimum atomic E-state index is -0.970. The highest BCUT2D eigenvalue weighted by molar-refractivity contribution is 5.87. The van der Waals surface area contributed by atoms with E-state index >= 15 is 0 Å². The zero-order chi connectivity index (χ0) is 44.9. The van der Waals surface area contributed by atoms with Crippen LogP contribution in [0, 0.1) is 0 Å². The maximum atomic E-state index is 14.0. The highest BCUT2D eigenvalue weighted by Gasteiger charge is 2.26. The summed E-state index contributed by atoms with van der Waals surface area (Å²) in [6.45, 7) is 7.75. The van der Waals surface area contributed by atoms with E-state index < -0.39 is 24.0 Å². The molecule has 1 atom stereocenters. The van der Waals surface area contributed by atoms with Gasteiger partial charge in [0.25, 0.3) is 5.88 Å². The third kappa shape index (κ3) is 16.6. The summed E-state index contributed by atoms with van der Waals surface area (Å²) in [4.78, 5) is 79.8. The van der Waals surface area contributed by atoms with Gasteiger partial charge in [0.15, 0.2) is 17.0 Å². The van der Waals surface area contributed by atoms with Crippen LogP contribution >= 0.6 is 0 Å². The molecule has 338 valence electrons. The molecule has 0 saturated carbocycles. The van der Waals surface area contributed by atoms with Crippen molar-refractivity contribution in [2.45, 2.75) is 25.6 Å². The van der Waals surface area contributed by atoms with Gasteiger partial charge in [-0.3, -0.25) is 43.5 Å². The molecule has 0 radical (unpaired) electrons. The Morgan fingerprint density at radius 3 is 2.03 bits per heavy atom. The molecule has 23 nitrogen and oxygen atoms in total. The number of anilines is 3. The lowest BCUT2D eigenvalue weighted by Gasteiger charge is -2.32. The first-order valence-electron chi connectivity index (χ1n) is 19.6. The van der Waals surface area contributed by atoms with Crippen LogP contribution in [0.5, 0.6) is 5.88 Å². The third-order valence-electron chi connectivity index (χ3n) is 9.57. The molecular weight excluding hydrogens is 803 g/mol. The first-order valence-corrected chi connectivity index (χ1v) is 19.6. The van der Waals surface area contributed by atoms with Gasteiger partial charge in [0.05, 0.1) is 52.4 Å². The number of nitrogens with two attached hydrogens (primary N) is 1. The quantitative estimate of drug-likeness (QED) is 0.0497. The predicted octanol–water partition coefficient (Wildman–Crippen LogP) is -1.78. The molecule has 5 rings (SSSR count). The summed E-state index contributed by atoms with van der Waals surface area (Å²) in [5, 5.41) is 36.7. The molecular formula is C37H59FN14O9. The first kappa shape index (κ1) is 49.5. The molecule has 0 aromatic carbocycles. The predicted molar refractivity (Wildman–Crippen MR) is 222 cm³/mol. The van der Waals surface area contributed by atoms with Gasteiger partial charge in [-0.05, 0) is 18.9 Å². The van der Waals surface area contributed by atoms with Crippen molar-refractivity contribution in [1.29, 1.82) is 0 Å². The van der Waals surface area contributed by atoms with Crippen molar-refractivity contribution in [1.82, 2.24) is 54.2 Å². The number of aromatic nitrogens is 6. The fourth-order valence-electron chi connectivity index (χ4n) is 6.46. The lowest BCUT2D eigenvalue weighted by atomic mass is 10.3. The number of nitrogens with one attached hydrogen (secondary N) is 2. The van der Waals surface area contributed by atoms with Gasteiger partial charge < -0.3 is 50.7 Å². The van der Waals surface area contributed by atoms with Gasteiger partial charge in [0.2, 0.25) is 17.8 Å². The lowest BCUT2D eigenvalue weighted by Crippen LogP contribution is -2.49. The van der Waals surface area contributed by atoms with Crippen molar-refractivity contribution in [2.75, 3.05) is 123 Å². The number of carboxylic acids is 2. The number of imidazole rings is 1. The first-order chi connectivity index (χ1) is 29.3. The molecule has 24 heteroatoms. The number of aliphatic hydroxyl groups is 1. The van der Waals surface area contributed by atoms with E-state index in [9.17, 15) is 38.6 Å². The van der Waals surface area contributed by atoms with Crippen LogP contribution in [0.3, 0.4) is 0 Å². The van der Waals surface area contributed by atoms with Gasteiger partial charge >= 0.3 is 11.9 Å². The number of nitrogens with zero attached hydrogens (tertiary/aromatic N) is 11. The van der Waals surface area contributed by atoms with Crippen molar-refractivity contribution in [3.63, 3.8) is 0 Å². The fourth-order valence-corrected chi connectivity index (χ4v) is 6.46. The Labute approximate surface area is 352 Å². The molecule has 7 N–H and O–H groups in total. The molecule has 3 aromatic rings. The number of aliphatic hydroxyl groups excluding tert-OH is 1. The summed E-state index contributed by atoms with van der Waals surface area (Å²) in [5.41, 5.74) is 6.21. The van der Waals surface area contributed by atoms with Crippen LogP contribution < -0.4 is 26.0 Å².